The van der Waals surface area contributed by atoms with E-state index < -0.39 is 0 Å². The van der Waals surface area contributed by atoms with Crippen LogP contribution in [0.5, 0.6) is 11.6 Å². The quantitative estimate of drug-likeness (QED) is 0.905. The molecule has 0 atom stereocenters. The van der Waals surface area contributed by atoms with Gasteiger partial charge in [-0.25, -0.2) is 4.98 Å². The number of aliphatic hydroxyl groups is 1. The maximum Gasteiger partial charge on any atom is 0.224 e. The van der Waals surface area contributed by atoms with Crippen LogP contribution in [0.15, 0.2) is 30.5 Å². The topological polar surface area (TPSA) is 42.4 Å². The molecule has 106 valence electrons. The van der Waals surface area contributed by atoms with Crippen molar-refractivity contribution in [3.05, 3.63) is 52.2 Å². The highest BCUT2D eigenvalue weighted by Crippen LogP contribution is 2.34. The molecule has 0 spiro atoms. The van der Waals surface area contributed by atoms with Gasteiger partial charge in [0.05, 0.1) is 6.61 Å². The molecule has 0 unspecified atom stereocenters. The van der Waals surface area contributed by atoms with Crippen molar-refractivity contribution < 1.29 is 9.84 Å². The molecule has 0 fully saturated rings. The molecule has 1 aromatic heterocycles. The van der Waals surface area contributed by atoms with E-state index in [9.17, 15) is 5.11 Å². The molecule has 2 rings (SSSR count). The average molecular weight is 292 g/mol. The first kappa shape index (κ1) is 14.8. The number of pyridine rings is 1. The van der Waals surface area contributed by atoms with Crippen LogP contribution in [0.25, 0.3) is 0 Å². The number of halogens is 1. The maximum absolute atomic E-state index is 9.31. The number of hydrogen-bond donors (Lipinski definition) is 1. The number of benzene rings is 1. The fraction of sp³-hybridized carbons (Fsp3) is 0.312. The summed E-state index contributed by atoms with van der Waals surface area (Å²) in [5.74, 6) is 1.45. The minimum atomic E-state index is -0.104. The lowest BCUT2D eigenvalue weighted by Gasteiger charge is -2.15. The van der Waals surface area contributed by atoms with Gasteiger partial charge in [-0.15, -0.1) is 0 Å². The third-order valence-electron chi connectivity index (χ3n) is 3.14. The number of aryl methyl sites for hydroxylation is 1. The molecule has 0 aliphatic carbocycles. The summed E-state index contributed by atoms with van der Waals surface area (Å²) >= 11 is 6.25. The minimum Gasteiger partial charge on any atom is -0.438 e. The number of aliphatic hydroxyl groups excluding tert-OH is 1. The van der Waals surface area contributed by atoms with E-state index in [1.165, 1.54) is 0 Å². The fourth-order valence-electron chi connectivity index (χ4n) is 1.96. The summed E-state index contributed by atoms with van der Waals surface area (Å²) in [5.41, 5.74) is 2.63. The zero-order valence-corrected chi connectivity index (χ0v) is 12.6. The Morgan fingerprint density at radius 2 is 2.10 bits per heavy atom. The normalized spacial score (nSPS) is 10.9. The number of hydrogen-bond acceptors (Lipinski definition) is 3. The van der Waals surface area contributed by atoms with E-state index in [1.807, 2.05) is 19.1 Å². The van der Waals surface area contributed by atoms with Crippen LogP contribution in [0, 0.1) is 6.92 Å². The van der Waals surface area contributed by atoms with Crippen molar-refractivity contribution in [3.63, 3.8) is 0 Å². The molecule has 4 heteroatoms. The Labute approximate surface area is 124 Å². The summed E-state index contributed by atoms with van der Waals surface area (Å²) in [6.45, 7) is 6.00. The molecule has 0 amide bonds. The highest BCUT2D eigenvalue weighted by Gasteiger charge is 2.12. The molecule has 1 aromatic carbocycles. The molecule has 0 saturated carbocycles. The first-order chi connectivity index (χ1) is 9.52. The van der Waals surface area contributed by atoms with Crippen molar-refractivity contribution >= 4 is 11.6 Å². The van der Waals surface area contributed by atoms with Gasteiger partial charge >= 0.3 is 0 Å². The molecule has 0 bridgehead atoms. The van der Waals surface area contributed by atoms with Gasteiger partial charge in [-0.1, -0.05) is 25.4 Å². The highest BCUT2D eigenvalue weighted by atomic mass is 35.5. The molecule has 0 aliphatic rings. The Hall–Kier alpha value is -1.58. The van der Waals surface area contributed by atoms with Crippen molar-refractivity contribution in [2.45, 2.75) is 33.3 Å². The predicted molar refractivity (Wildman–Crippen MR) is 80.5 cm³/mol. The summed E-state index contributed by atoms with van der Waals surface area (Å²) in [4.78, 5) is 4.17. The Bertz CT molecular complexity index is 611. The molecule has 1 heterocycles. The van der Waals surface area contributed by atoms with Gasteiger partial charge in [-0.2, -0.15) is 0 Å². The van der Waals surface area contributed by atoms with Crippen molar-refractivity contribution in [3.8, 4) is 11.6 Å². The SMILES string of the molecule is Cc1cc(Cl)c(C(C)C)cc1Oc1ncccc1CO. The number of ether oxygens (including phenoxy) is 1. The third-order valence-corrected chi connectivity index (χ3v) is 3.47. The zero-order chi connectivity index (χ0) is 14.7. The van der Waals surface area contributed by atoms with E-state index in [2.05, 4.69) is 18.8 Å². The highest BCUT2D eigenvalue weighted by molar-refractivity contribution is 6.31. The van der Waals surface area contributed by atoms with Crippen LogP contribution >= 0.6 is 11.6 Å². The van der Waals surface area contributed by atoms with Crippen molar-refractivity contribution in [1.82, 2.24) is 4.98 Å². The summed E-state index contributed by atoms with van der Waals surface area (Å²) in [6, 6.07) is 7.40. The second kappa shape index (κ2) is 6.25. The van der Waals surface area contributed by atoms with Crippen molar-refractivity contribution in [1.29, 1.82) is 0 Å². The lowest BCUT2D eigenvalue weighted by molar-refractivity contribution is 0.275. The molecule has 0 saturated heterocycles. The van der Waals surface area contributed by atoms with Crippen LogP contribution < -0.4 is 4.74 Å². The standard InChI is InChI=1S/C16H18ClNO2/c1-10(2)13-8-15(11(3)7-14(13)17)20-16-12(9-19)5-4-6-18-16/h4-8,10,19H,9H2,1-3H3. The van der Waals surface area contributed by atoms with Crippen molar-refractivity contribution in [2.75, 3.05) is 0 Å². The molecule has 3 nitrogen and oxygen atoms in total. The summed E-state index contributed by atoms with van der Waals surface area (Å²) < 4.78 is 5.85. The minimum absolute atomic E-state index is 0.104. The van der Waals surface area contributed by atoms with Crippen LogP contribution in [0.3, 0.4) is 0 Å². The van der Waals surface area contributed by atoms with Crippen LogP contribution in [-0.4, -0.2) is 10.1 Å². The summed E-state index contributed by atoms with van der Waals surface area (Å²) in [6.07, 6.45) is 1.64. The van der Waals surface area contributed by atoms with Crippen LogP contribution in [0.2, 0.25) is 5.02 Å². The largest absolute Gasteiger partial charge is 0.438 e. The summed E-state index contributed by atoms with van der Waals surface area (Å²) in [7, 11) is 0. The van der Waals surface area contributed by atoms with Crippen LogP contribution in [-0.2, 0) is 6.61 Å². The lowest BCUT2D eigenvalue weighted by atomic mass is 10.0. The van der Waals surface area contributed by atoms with Gasteiger partial charge in [-0.05, 0) is 48.2 Å². The molecule has 0 aliphatic heterocycles. The monoisotopic (exact) mass is 291 g/mol. The van der Waals surface area contributed by atoms with E-state index in [4.69, 9.17) is 16.3 Å². The van der Waals surface area contributed by atoms with E-state index in [0.29, 0.717) is 23.1 Å². The second-order valence-corrected chi connectivity index (χ2v) is 5.43. The van der Waals surface area contributed by atoms with Crippen LogP contribution in [0.4, 0.5) is 0 Å². The molecule has 20 heavy (non-hydrogen) atoms. The Balaban J connectivity index is 2.40. The second-order valence-electron chi connectivity index (χ2n) is 5.02. The van der Waals surface area contributed by atoms with Gasteiger partial charge in [0.25, 0.3) is 0 Å². The fourth-order valence-corrected chi connectivity index (χ4v) is 2.40. The molecule has 0 radical (unpaired) electrons. The van der Waals surface area contributed by atoms with E-state index in [1.54, 1.807) is 18.3 Å². The van der Waals surface area contributed by atoms with Gasteiger partial charge in [-0.3, -0.25) is 0 Å². The van der Waals surface area contributed by atoms with Crippen molar-refractivity contribution in [2.24, 2.45) is 0 Å². The van der Waals surface area contributed by atoms with Gasteiger partial charge in [0.15, 0.2) is 0 Å². The third kappa shape index (κ3) is 3.11. The average Bonchev–Trinajstić information content (AvgIpc) is 2.42. The summed E-state index contributed by atoms with van der Waals surface area (Å²) in [5, 5.41) is 10.1. The molecule has 2 aromatic rings. The lowest BCUT2D eigenvalue weighted by Crippen LogP contribution is -1.98. The first-order valence-electron chi connectivity index (χ1n) is 6.55. The Kier molecular flexibility index (Phi) is 4.63. The van der Waals surface area contributed by atoms with Gasteiger partial charge < -0.3 is 9.84 Å². The van der Waals surface area contributed by atoms with E-state index >= 15 is 0 Å². The van der Waals surface area contributed by atoms with Gasteiger partial charge in [0, 0.05) is 16.8 Å². The number of rotatable bonds is 4. The first-order valence-corrected chi connectivity index (χ1v) is 6.93. The smallest absolute Gasteiger partial charge is 0.224 e. The van der Waals surface area contributed by atoms with Gasteiger partial charge in [0.1, 0.15) is 5.75 Å². The van der Waals surface area contributed by atoms with Gasteiger partial charge in [0.2, 0.25) is 5.88 Å². The molecular formula is C16H18ClNO2. The Morgan fingerprint density at radius 3 is 2.75 bits per heavy atom. The number of aromatic nitrogens is 1. The van der Waals surface area contributed by atoms with Crippen LogP contribution in [0.1, 0.15) is 36.5 Å². The predicted octanol–water partition coefficient (Wildman–Crippen LogP) is 4.45. The molecular weight excluding hydrogens is 274 g/mol. The maximum atomic E-state index is 9.31. The van der Waals surface area contributed by atoms with E-state index in [-0.39, 0.29) is 6.61 Å². The Morgan fingerprint density at radius 1 is 1.35 bits per heavy atom. The number of nitrogens with zero attached hydrogens (tertiary/aromatic N) is 1. The van der Waals surface area contributed by atoms with E-state index in [0.717, 1.165) is 16.1 Å². The molecule has 1 N–H and O–H groups in total. The zero-order valence-electron chi connectivity index (χ0n) is 11.9.